The summed E-state index contributed by atoms with van der Waals surface area (Å²) in [5.41, 5.74) is 8.32. The van der Waals surface area contributed by atoms with Crippen LogP contribution in [0.3, 0.4) is 0 Å². The molecule has 0 radical (unpaired) electrons. The second-order valence-electron chi connectivity index (χ2n) is 6.14. The molecule has 0 saturated carbocycles. The first kappa shape index (κ1) is 16.6. The number of amides is 1. The van der Waals surface area contributed by atoms with Crippen LogP contribution < -0.4 is 5.73 Å². The van der Waals surface area contributed by atoms with Crippen molar-refractivity contribution in [3.05, 3.63) is 34.9 Å². The lowest BCUT2D eigenvalue weighted by molar-refractivity contribution is 0.0591. The summed E-state index contributed by atoms with van der Waals surface area (Å²) in [5.74, 6) is 0.0249. The van der Waals surface area contributed by atoms with Crippen LogP contribution in [0, 0.1) is 13.8 Å². The maximum atomic E-state index is 12.7. The van der Waals surface area contributed by atoms with Gasteiger partial charge in [0.2, 0.25) is 0 Å². The highest BCUT2D eigenvalue weighted by Crippen LogP contribution is 2.19. The van der Waals surface area contributed by atoms with E-state index < -0.39 is 0 Å². The largest absolute Gasteiger partial charge is 0.393 e. The lowest BCUT2D eigenvalue weighted by Gasteiger charge is -2.36. The summed E-state index contributed by atoms with van der Waals surface area (Å²) in [5, 5.41) is 0. The zero-order valence-electron chi connectivity index (χ0n) is 13.0. The number of aryl methyl sites for hydroxylation is 2. The van der Waals surface area contributed by atoms with Crippen LogP contribution in [-0.4, -0.2) is 27.9 Å². The molecule has 20 heavy (non-hydrogen) atoms. The molecule has 0 spiro atoms. The molecule has 0 aliphatic rings. The van der Waals surface area contributed by atoms with E-state index in [4.69, 9.17) is 18.0 Å². The molecule has 0 aliphatic heterocycles. The number of nitrogens with two attached hydrogens (primary N) is 1. The van der Waals surface area contributed by atoms with Crippen LogP contribution in [0.4, 0.5) is 0 Å². The van der Waals surface area contributed by atoms with Crippen molar-refractivity contribution in [2.75, 3.05) is 6.54 Å². The van der Waals surface area contributed by atoms with E-state index >= 15 is 0 Å². The monoisotopic (exact) mass is 292 g/mol. The fraction of sp³-hybridized carbons (Fsp3) is 0.500. The third kappa shape index (κ3) is 4.30. The number of hydrogen-bond donors (Lipinski definition) is 1. The molecule has 0 heterocycles. The standard InChI is InChI=1S/C16H24N2OS/c1-11-6-7-13(10-12(11)2)15(19)18(16(3,4)5)9-8-14(17)20/h6-7,10H,8-9H2,1-5H3,(H2,17,20). The van der Waals surface area contributed by atoms with Crippen molar-refractivity contribution < 1.29 is 4.79 Å². The summed E-state index contributed by atoms with van der Waals surface area (Å²) < 4.78 is 0. The van der Waals surface area contributed by atoms with Crippen molar-refractivity contribution in [3.8, 4) is 0 Å². The molecule has 0 fully saturated rings. The van der Waals surface area contributed by atoms with Crippen LogP contribution in [0.1, 0.15) is 48.7 Å². The van der Waals surface area contributed by atoms with Gasteiger partial charge in [0.05, 0.1) is 4.99 Å². The van der Waals surface area contributed by atoms with E-state index in [1.54, 1.807) is 0 Å². The fourth-order valence-corrected chi connectivity index (χ4v) is 2.09. The Labute approximate surface area is 127 Å². The normalized spacial score (nSPS) is 11.2. The Kier molecular flexibility index (Phi) is 5.28. The Morgan fingerprint density at radius 3 is 2.30 bits per heavy atom. The highest BCUT2D eigenvalue weighted by atomic mass is 32.1. The molecule has 0 atom stereocenters. The van der Waals surface area contributed by atoms with Gasteiger partial charge < -0.3 is 10.6 Å². The first-order chi connectivity index (χ1) is 9.12. The van der Waals surface area contributed by atoms with Gasteiger partial charge in [-0.2, -0.15) is 0 Å². The molecule has 1 rings (SSSR count). The van der Waals surface area contributed by atoms with Gasteiger partial charge in [-0.15, -0.1) is 0 Å². The van der Waals surface area contributed by atoms with Crippen molar-refractivity contribution >= 4 is 23.1 Å². The zero-order chi connectivity index (χ0) is 15.5. The summed E-state index contributed by atoms with van der Waals surface area (Å²) in [6.07, 6.45) is 0.545. The Bertz CT molecular complexity index is 518. The minimum absolute atomic E-state index is 0.0249. The van der Waals surface area contributed by atoms with Crippen molar-refractivity contribution in [3.63, 3.8) is 0 Å². The van der Waals surface area contributed by atoms with E-state index in [9.17, 15) is 4.79 Å². The quantitative estimate of drug-likeness (QED) is 0.867. The second kappa shape index (κ2) is 6.35. The van der Waals surface area contributed by atoms with E-state index in [0.717, 1.165) is 5.56 Å². The Balaban J connectivity index is 3.03. The first-order valence-electron chi connectivity index (χ1n) is 6.80. The molecule has 0 saturated heterocycles. The van der Waals surface area contributed by atoms with Gasteiger partial charge in [0.1, 0.15) is 0 Å². The van der Waals surface area contributed by atoms with Gasteiger partial charge in [-0.1, -0.05) is 18.3 Å². The number of benzene rings is 1. The van der Waals surface area contributed by atoms with E-state index in [-0.39, 0.29) is 11.4 Å². The minimum Gasteiger partial charge on any atom is -0.393 e. The van der Waals surface area contributed by atoms with E-state index in [1.165, 1.54) is 5.56 Å². The van der Waals surface area contributed by atoms with Gasteiger partial charge in [-0.3, -0.25) is 4.79 Å². The van der Waals surface area contributed by atoms with Crippen molar-refractivity contribution in [1.29, 1.82) is 0 Å². The molecule has 0 aromatic heterocycles. The summed E-state index contributed by atoms with van der Waals surface area (Å²) in [7, 11) is 0. The molecule has 1 aromatic carbocycles. The van der Waals surface area contributed by atoms with Gasteiger partial charge in [-0.25, -0.2) is 0 Å². The molecular weight excluding hydrogens is 268 g/mol. The maximum Gasteiger partial charge on any atom is 0.254 e. The van der Waals surface area contributed by atoms with Crippen LogP contribution in [0.5, 0.6) is 0 Å². The van der Waals surface area contributed by atoms with Crippen molar-refractivity contribution in [2.24, 2.45) is 5.73 Å². The number of carbonyl (C=O) groups is 1. The Morgan fingerprint density at radius 2 is 1.85 bits per heavy atom. The highest BCUT2D eigenvalue weighted by molar-refractivity contribution is 7.80. The number of thiocarbonyl (C=S) groups is 1. The second-order valence-corrected chi connectivity index (χ2v) is 6.67. The predicted octanol–water partition coefficient (Wildman–Crippen LogP) is 3.22. The summed E-state index contributed by atoms with van der Waals surface area (Å²) in [6, 6.07) is 5.80. The summed E-state index contributed by atoms with van der Waals surface area (Å²) >= 11 is 4.92. The number of nitrogens with zero attached hydrogens (tertiary/aromatic N) is 1. The van der Waals surface area contributed by atoms with Crippen molar-refractivity contribution in [1.82, 2.24) is 4.90 Å². The maximum absolute atomic E-state index is 12.7. The van der Waals surface area contributed by atoms with Crippen LogP contribution in [-0.2, 0) is 0 Å². The predicted molar refractivity (Wildman–Crippen MR) is 88.1 cm³/mol. The molecule has 4 heteroatoms. The Morgan fingerprint density at radius 1 is 1.25 bits per heavy atom. The summed E-state index contributed by atoms with van der Waals surface area (Å²) in [4.78, 5) is 15.0. The molecule has 0 aliphatic carbocycles. The van der Waals surface area contributed by atoms with Gasteiger partial charge in [0, 0.05) is 24.1 Å². The average Bonchev–Trinajstić information content (AvgIpc) is 2.30. The lowest BCUT2D eigenvalue weighted by atomic mass is 10.0. The van der Waals surface area contributed by atoms with Crippen LogP contribution in [0.15, 0.2) is 18.2 Å². The van der Waals surface area contributed by atoms with Gasteiger partial charge in [-0.05, 0) is 57.9 Å². The Hall–Kier alpha value is -1.42. The number of carbonyl (C=O) groups excluding carboxylic acids is 1. The number of rotatable bonds is 4. The van der Waals surface area contributed by atoms with Gasteiger partial charge >= 0.3 is 0 Å². The third-order valence-corrected chi connectivity index (χ3v) is 3.59. The topological polar surface area (TPSA) is 46.3 Å². The smallest absolute Gasteiger partial charge is 0.254 e. The lowest BCUT2D eigenvalue weighted by Crippen LogP contribution is -2.46. The van der Waals surface area contributed by atoms with Crippen molar-refractivity contribution in [2.45, 2.75) is 46.6 Å². The molecule has 110 valence electrons. The average molecular weight is 292 g/mol. The first-order valence-corrected chi connectivity index (χ1v) is 7.21. The zero-order valence-corrected chi connectivity index (χ0v) is 13.8. The summed E-state index contributed by atoms with van der Waals surface area (Å²) in [6.45, 7) is 10.7. The number of hydrogen-bond acceptors (Lipinski definition) is 2. The van der Waals surface area contributed by atoms with Gasteiger partial charge in [0.15, 0.2) is 0 Å². The molecule has 0 bridgehead atoms. The SMILES string of the molecule is Cc1ccc(C(=O)N(CCC(N)=S)C(C)(C)C)cc1C. The van der Waals surface area contributed by atoms with E-state index in [1.807, 2.05) is 57.7 Å². The van der Waals surface area contributed by atoms with E-state index in [0.29, 0.717) is 23.5 Å². The fourth-order valence-electron chi connectivity index (χ4n) is 1.99. The molecule has 0 unspecified atom stereocenters. The molecule has 1 amide bonds. The van der Waals surface area contributed by atoms with Crippen LogP contribution in [0.2, 0.25) is 0 Å². The minimum atomic E-state index is -0.263. The molecule has 3 nitrogen and oxygen atoms in total. The third-order valence-electron chi connectivity index (χ3n) is 3.39. The molecule has 1 aromatic rings. The molecule has 2 N–H and O–H groups in total. The van der Waals surface area contributed by atoms with Crippen LogP contribution in [0.25, 0.3) is 0 Å². The van der Waals surface area contributed by atoms with Gasteiger partial charge in [0.25, 0.3) is 5.91 Å². The highest BCUT2D eigenvalue weighted by Gasteiger charge is 2.27. The van der Waals surface area contributed by atoms with Crippen LogP contribution >= 0.6 is 12.2 Å². The van der Waals surface area contributed by atoms with E-state index in [2.05, 4.69) is 0 Å². The molecular formula is C16H24N2OS.